The van der Waals surface area contributed by atoms with Crippen LogP contribution in [0.15, 0.2) is 24.3 Å². The maximum absolute atomic E-state index is 11.5. The number of hydrogen-bond acceptors (Lipinski definition) is 2. The summed E-state index contributed by atoms with van der Waals surface area (Å²) in [7, 11) is 0. The van der Waals surface area contributed by atoms with E-state index in [0.717, 1.165) is 5.56 Å². The molecule has 14 heavy (non-hydrogen) atoms. The van der Waals surface area contributed by atoms with Crippen molar-refractivity contribution < 1.29 is 4.79 Å². The molecular formula is C12H13NO. The lowest BCUT2D eigenvalue weighted by Gasteiger charge is -2.05. The Morgan fingerprint density at radius 1 is 1.43 bits per heavy atom. The number of Topliss-reactive ketones (excluding diaryl/α,β-unsaturated/α-hetero) is 1. The van der Waals surface area contributed by atoms with Crippen molar-refractivity contribution in [2.24, 2.45) is 5.92 Å². The van der Waals surface area contributed by atoms with Crippen LogP contribution < -0.4 is 0 Å². The summed E-state index contributed by atoms with van der Waals surface area (Å²) >= 11 is 0. The van der Waals surface area contributed by atoms with E-state index < -0.39 is 0 Å². The molecule has 0 heterocycles. The monoisotopic (exact) mass is 187 g/mol. The van der Waals surface area contributed by atoms with E-state index in [4.69, 9.17) is 5.26 Å². The van der Waals surface area contributed by atoms with E-state index in [1.54, 1.807) is 6.07 Å². The summed E-state index contributed by atoms with van der Waals surface area (Å²) in [5.41, 5.74) is 1.43. The molecule has 0 saturated heterocycles. The first-order valence-corrected chi connectivity index (χ1v) is 4.66. The molecule has 0 atom stereocenters. The number of nitrogens with zero attached hydrogens (tertiary/aromatic N) is 1. The molecule has 1 aromatic rings. The van der Waals surface area contributed by atoms with Gasteiger partial charge in [-0.1, -0.05) is 32.0 Å². The molecular weight excluding hydrogens is 174 g/mol. The predicted octanol–water partition coefficient (Wildman–Crippen LogP) is 2.33. The highest BCUT2D eigenvalue weighted by Gasteiger charge is 2.10. The fourth-order valence-electron chi connectivity index (χ4n) is 1.18. The van der Waals surface area contributed by atoms with Crippen molar-refractivity contribution in [3.8, 4) is 6.07 Å². The lowest BCUT2D eigenvalue weighted by molar-refractivity contribution is -0.121. The van der Waals surface area contributed by atoms with Gasteiger partial charge < -0.3 is 0 Å². The fraction of sp³-hybridized carbons (Fsp3) is 0.333. The van der Waals surface area contributed by atoms with E-state index in [1.165, 1.54) is 0 Å². The normalized spacial score (nSPS) is 9.86. The number of rotatable bonds is 3. The van der Waals surface area contributed by atoms with Crippen LogP contribution in [-0.2, 0) is 11.2 Å². The summed E-state index contributed by atoms with van der Waals surface area (Å²) in [5, 5.41) is 8.81. The van der Waals surface area contributed by atoms with Crippen molar-refractivity contribution >= 4 is 5.78 Å². The average Bonchev–Trinajstić information content (AvgIpc) is 2.18. The maximum Gasteiger partial charge on any atom is 0.139 e. The van der Waals surface area contributed by atoms with Crippen molar-refractivity contribution in [1.29, 1.82) is 5.26 Å². The Morgan fingerprint density at radius 2 is 2.07 bits per heavy atom. The van der Waals surface area contributed by atoms with Crippen LogP contribution in [0.2, 0.25) is 0 Å². The van der Waals surface area contributed by atoms with Crippen LogP contribution in [-0.4, -0.2) is 5.78 Å². The number of hydrogen-bond donors (Lipinski definition) is 0. The van der Waals surface area contributed by atoms with E-state index in [0.29, 0.717) is 12.0 Å². The van der Waals surface area contributed by atoms with Gasteiger partial charge in [0.25, 0.3) is 0 Å². The molecule has 0 spiro atoms. The van der Waals surface area contributed by atoms with Gasteiger partial charge >= 0.3 is 0 Å². The number of ketones is 1. The molecule has 0 amide bonds. The van der Waals surface area contributed by atoms with E-state index in [2.05, 4.69) is 6.07 Å². The quantitative estimate of drug-likeness (QED) is 0.728. The molecule has 0 bridgehead atoms. The van der Waals surface area contributed by atoms with Crippen molar-refractivity contribution in [1.82, 2.24) is 0 Å². The second-order valence-electron chi connectivity index (χ2n) is 3.57. The third kappa shape index (κ3) is 2.43. The fourth-order valence-corrected chi connectivity index (χ4v) is 1.18. The molecule has 2 nitrogen and oxygen atoms in total. The second-order valence-corrected chi connectivity index (χ2v) is 3.57. The average molecular weight is 187 g/mol. The van der Waals surface area contributed by atoms with Crippen LogP contribution >= 0.6 is 0 Å². The van der Waals surface area contributed by atoms with Gasteiger partial charge in [-0.25, -0.2) is 0 Å². The SMILES string of the molecule is CC(C)C(=O)Cc1ccccc1C#N. The lowest BCUT2D eigenvalue weighted by Crippen LogP contribution is -2.10. The summed E-state index contributed by atoms with van der Waals surface area (Å²) in [4.78, 5) is 11.5. The zero-order valence-corrected chi connectivity index (χ0v) is 8.45. The first-order chi connectivity index (χ1) is 6.65. The highest BCUT2D eigenvalue weighted by molar-refractivity contribution is 5.83. The molecule has 1 aromatic carbocycles. The first-order valence-electron chi connectivity index (χ1n) is 4.66. The molecule has 0 aliphatic carbocycles. The Labute approximate surface area is 84.2 Å². The minimum Gasteiger partial charge on any atom is -0.299 e. The minimum absolute atomic E-state index is 0.0294. The van der Waals surface area contributed by atoms with Crippen LogP contribution in [0.3, 0.4) is 0 Å². The van der Waals surface area contributed by atoms with Crippen molar-refractivity contribution in [2.45, 2.75) is 20.3 Å². The Kier molecular flexibility index (Phi) is 3.41. The molecule has 0 aliphatic heterocycles. The molecule has 0 fully saturated rings. The Morgan fingerprint density at radius 3 is 2.64 bits per heavy atom. The van der Waals surface area contributed by atoms with Gasteiger partial charge in [0.05, 0.1) is 11.6 Å². The van der Waals surface area contributed by atoms with Crippen molar-refractivity contribution in [2.75, 3.05) is 0 Å². The Balaban J connectivity index is 2.87. The standard InChI is InChI=1S/C12H13NO/c1-9(2)12(14)7-10-5-3-4-6-11(10)8-13/h3-6,9H,7H2,1-2H3. The van der Waals surface area contributed by atoms with Crippen LogP contribution in [0.5, 0.6) is 0 Å². The zero-order valence-electron chi connectivity index (χ0n) is 8.45. The van der Waals surface area contributed by atoms with E-state index in [9.17, 15) is 4.79 Å². The van der Waals surface area contributed by atoms with Crippen molar-refractivity contribution in [3.63, 3.8) is 0 Å². The number of benzene rings is 1. The summed E-state index contributed by atoms with van der Waals surface area (Å²) in [6.45, 7) is 3.74. The maximum atomic E-state index is 11.5. The molecule has 0 aromatic heterocycles. The smallest absolute Gasteiger partial charge is 0.139 e. The molecule has 72 valence electrons. The number of carbonyl (C=O) groups is 1. The molecule has 2 heteroatoms. The predicted molar refractivity (Wildman–Crippen MR) is 54.7 cm³/mol. The minimum atomic E-state index is 0.0294. The molecule has 0 unspecified atom stereocenters. The Hall–Kier alpha value is -1.62. The molecule has 1 rings (SSSR count). The van der Waals surface area contributed by atoms with Crippen LogP contribution in [0, 0.1) is 17.2 Å². The van der Waals surface area contributed by atoms with Gasteiger partial charge in [0.2, 0.25) is 0 Å². The highest BCUT2D eigenvalue weighted by Crippen LogP contribution is 2.10. The molecule has 0 saturated carbocycles. The lowest BCUT2D eigenvalue weighted by atomic mass is 9.98. The second kappa shape index (κ2) is 4.57. The molecule has 0 N–H and O–H groups in total. The van der Waals surface area contributed by atoms with Gasteiger partial charge in [-0.05, 0) is 11.6 Å². The van der Waals surface area contributed by atoms with Crippen LogP contribution in [0.25, 0.3) is 0 Å². The van der Waals surface area contributed by atoms with E-state index in [-0.39, 0.29) is 11.7 Å². The van der Waals surface area contributed by atoms with Gasteiger partial charge in [0.15, 0.2) is 0 Å². The zero-order chi connectivity index (χ0) is 10.6. The topological polar surface area (TPSA) is 40.9 Å². The van der Waals surface area contributed by atoms with E-state index >= 15 is 0 Å². The summed E-state index contributed by atoms with van der Waals surface area (Å²) in [6, 6.07) is 9.32. The summed E-state index contributed by atoms with van der Waals surface area (Å²) < 4.78 is 0. The van der Waals surface area contributed by atoms with E-state index in [1.807, 2.05) is 32.0 Å². The number of carbonyl (C=O) groups excluding carboxylic acids is 1. The van der Waals surface area contributed by atoms with Gasteiger partial charge in [0, 0.05) is 12.3 Å². The van der Waals surface area contributed by atoms with Gasteiger partial charge in [-0.2, -0.15) is 5.26 Å². The molecule has 0 aliphatic rings. The first kappa shape index (κ1) is 10.5. The van der Waals surface area contributed by atoms with Gasteiger partial charge in [-0.3, -0.25) is 4.79 Å². The van der Waals surface area contributed by atoms with Gasteiger partial charge in [0.1, 0.15) is 5.78 Å². The summed E-state index contributed by atoms with van der Waals surface area (Å²) in [6.07, 6.45) is 0.362. The third-order valence-electron chi connectivity index (χ3n) is 2.15. The third-order valence-corrected chi connectivity index (χ3v) is 2.15. The van der Waals surface area contributed by atoms with Crippen LogP contribution in [0.1, 0.15) is 25.0 Å². The van der Waals surface area contributed by atoms with Gasteiger partial charge in [-0.15, -0.1) is 0 Å². The number of nitriles is 1. The van der Waals surface area contributed by atoms with Crippen LogP contribution in [0.4, 0.5) is 0 Å². The Bertz CT molecular complexity index is 374. The molecule has 0 radical (unpaired) electrons. The largest absolute Gasteiger partial charge is 0.299 e. The summed E-state index contributed by atoms with van der Waals surface area (Å²) in [5.74, 6) is 0.203. The van der Waals surface area contributed by atoms with Crippen molar-refractivity contribution in [3.05, 3.63) is 35.4 Å². The highest BCUT2D eigenvalue weighted by atomic mass is 16.1.